The molecule has 0 saturated carbocycles. The zero-order valence-electron chi connectivity index (χ0n) is 9.00. The van der Waals surface area contributed by atoms with E-state index in [0.29, 0.717) is 0 Å². The smallest absolute Gasteiger partial charge is 0.170 e. The fourth-order valence-corrected chi connectivity index (χ4v) is 2.31. The van der Waals surface area contributed by atoms with Crippen LogP contribution >= 0.6 is 11.3 Å². The highest BCUT2D eigenvalue weighted by Crippen LogP contribution is 2.28. The number of thiophene rings is 1. The fraction of sp³-hybridized carbons (Fsp3) is 0.545. The number of hydrogen-bond acceptors (Lipinski definition) is 3. The molecule has 3 heteroatoms. The summed E-state index contributed by atoms with van der Waals surface area (Å²) in [6.45, 7) is 7.96. The summed E-state index contributed by atoms with van der Waals surface area (Å²) < 4.78 is 5.53. The molecule has 0 saturated heterocycles. The zero-order valence-corrected chi connectivity index (χ0v) is 9.81. The van der Waals surface area contributed by atoms with E-state index in [2.05, 4.69) is 6.07 Å². The third-order valence-electron chi connectivity index (χ3n) is 1.89. The summed E-state index contributed by atoms with van der Waals surface area (Å²) in [6, 6.07) is 4.23. The normalized spacial score (nSPS) is 12.9. The summed E-state index contributed by atoms with van der Waals surface area (Å²) in [5.41, 5.74) is 1.02. The summed E-state index contributed by atoms with van der Waals surface area (Å²) in [5, 5.41) is 8.99. The first-order chi connectivity index (χ1) is 6.54. The van der Waals surface area contributed by atoms with Crippen molar-refractivity contribution in [2.75, 3.05) is 0 Å². The van der Waals surface area contributed by atoms with Crippen molar-refractivity contribution in [3.8, 4) is 6.07 Å². The van der Waals surface area contributed by atoms with Gasteiger partial charge in [-0.05, 0) is 33.8 Å². The van der Waals surface area contributed by atoms with Crippen molar-refractivity contribution in [1.29, 1.82) is 5.26 Å². The summed E-state index contributed by atoms with van der Waals surface area (Å²) in [4.78, 5) is 2.40. The molecule has 0 aliphatic carbocycles. The van der Waals surface area contributed by atoms with Gasteiger partial charge in [-0.25, -0.2) is 0 Å². The molecule has 0 amide bonds. The van der Waals surface area contributed by atoms with Crippen LogP contribution < -0.4 is 0 Å². The average molecular weight is 209 g/mol. The van der Waals surface area contributed by atoms with Crippen LogP contribution in [0.25, 0.3) is 0 Å². The minimum absolute atomic E-state index is 0.0826. The molecule has 0 aliphatic heterocycles. The van der Waals surface area contributed by atoms with E-state index in [-0.39, 0.29) is 6.10 Å². The lowest BCUT2D eigenvalue weighted by Crippen LogP contribution is -2.08. The van der Waals surface area contributed by atoms with Crippen molar-refractivity contribution in [3.05, 3.63) is 21.4 Å². The maximum absolute atomic E-state index is 8.99. The molecule has 0 N–H and O–H groups in total. The maximum atomic E-state index is 8.99. The van der Waals surface area contributed by atoms with Crippen LogP contribution in [0.5, 0.6) is 0 Å². The minimum Gasteiger partial charge on any atom is -0.356 e. The van der Waals surface area contributed by atoms with Gasteiger partial charge in [-0.2, -0.15) is 5.26 Å². The maximum Gasteiger partial charge on any atom is 0.170 e. The molecule has 14 heavy (non-hydrogen) atoms. The Balaban J connectivity index is 2.90. The Bertz CT molecular complexity index is 349. The Kier molecular flexibility index (Phi) is 3.68. The minimum atomic E-state index is -0.417. The van der Waals surface area contributed by atoms with Gasteiger partial charge in [0.1, 0.15) is 0 Å². The quantitative estimate of drug-likeness (QED) is 0.764. The Hall–Kier alpha value is -0.850. The number of ether oxygens (including phenoxy) is 1. The summed E-state index contributed by atoms with van der Waals surface area (Å²) in [7, 11) is 0. The molecule has 0 aliphatic rings. The third-order valence-corrected chi connectivity index (χ3v) is 2.87. The second-order valence-corrected chi connectivity index (χ2v) is 5.02. The first kappa shape index (κ1) is 11.2. The SMILES string of the molecule is Cc1cc(C(C#N)OC(C)C)c(C)s1. The second kappa shape index (κ2) is 4.59. The van der Waals surface area contributed by atoms with Crippen molar-refractivity contribution >= 4 is 11.3 Å². The van der Waals surface area contributed by atoms with E-state index in [1.807, 2.05) is 33.8 Å². The third kappa shape index (κ3) is 2.57. The van der Waals surface area contributed by atoms with E-state index in [1.54, 1.807) is 11.3 Å². The molecular weight excluding hydrogens is 194 g/mol. The molecule has 1 aromatic heterocycles. The summed E-state index contributed by atoms with van der Waals surface area (Å²) in [6.07, 6.45) is -0.334. The lowest BCUT2D eigenvalue weighted by atomic mass is 10.1. The largest absolute Gasteiger partial charge is 0.356 e. The number of rotatable bonds is 3. The molecule has 1 aromatic rings. The van der Waals surface area contributed by atoms with Gasteiger partial charge in [-0.15, -0.1) is 11.3 Å². The number of hydrogen-bond donors (Lipinski definition) is 0. The van der Waals surface area contributed by atoms with Crippen LogP contribution in [0.3, 0.4) is 0 Å². The van der Waals surface area contributed by atoms with E-state index in [0.717, 1.165) is 5.56 Å². The van der Waals surface area contributed by atoms with Gasteiger partial charge in [0.15, 0.2) is 6.10 Å². The monoisotopic (exact) mass is 209 g/mol. The Morgan fingerprint density at radius 1 is 1.43 bits per heavy atom. The standard InChI is InChI=1S/C11H15NOS/c1-7(2)13-11(6-12)10-5-8(3)14-9(10)4/h5,7,11H,1-4H3. The predicted molar refractivity (Wildman–Crippen MR) is 58.4 cm³/mol. The van der Waals surface area contributed by atoms with Gasteiger partial charge in [0.25, 0.3) is 0 Å². The number of nitriles is 1. The highest BCUT2D eigenvalue weighted by molar-refractivity contribution is 7.12. The molecule has 0 fully saturated rings. The van der Waals surface area contributed by atoms with Gasteiger partial charge in [0.2, 0.25) is 0 Å². The molecule has 1 atom stereocenters. The topological polar surface area (TPSA) is 33.0 Å². The van der Waals surface area contributed by atoms with Gasteiger partial charge in [-0.1, -0.05) is 0 Å². The fourth-order valence-electron chi connectivity index (χ4n) is 1.36. The first-order valence-electron chi connectivity index (χ1n) is 4.66. The molecule has 0 spiro atoms. The summed E-state index contributed by atoms with van der Waals surface area (Å²) in [5.74, 6) is 0. The van der Waals surface area contributed by atoms with Crippen LogP contribution in [0.1, 0.15) is 35.3 Å². The van der Waals surface area contributed by atoms with E-state index >= 15 is 0 Å². The van der Waals surface area contributed by atoms with Crippen LogP contribution in [-0.4, -0.2) is 6.10 Å². The molecule has 2 nitrogen and oxygen atoms in total. The van der Waals surface area contributed by atoms with Gasteiger partial charge in [0.05, 0.1) is 12.2 Å². The van der Waals surface area contributed by atoms with Crippen molar-refractivity contribution in [2.45, 2.75) is 39.9 Å². The molecule has 76 valence electrons. The number of nitrogens with zero attached hydrogens (tertiary/aromatic N) is 1. The molecule has 1 rings (SSSR count). The zero-order chi connectivity index (χ0) is 10.7. The van der Waals surface area contributed by atoms with E-state index in [4.69, 9.17) is 10.00 Å². The van der Waals surface area contributed by atoms with Gasteiger partial charge in [0, 0.05) is 15.3 Å². The van der Waals surface area contributed by atoms with Crippen molar-refractivity contribution in [2.24, 2.45) is 0 Å². The van der Waals surface area contributed by atoms with E-state index < -0.39 is 6.10 Å². The van der Waals surface area contributed by atoms with Crippen molar-refractivity contribution < 1.29 is 4.74 Å². The highest BCUT2D eigenvalue weighted by Gasteiger charge is 2.16. The van der Waals surface area contributed by atoms with E-state index in [1.165, 1.54) is 9.75 Å². The lowest BCUT2D eigenvalue weighted by molar-refractivity contribution is 0.0391. The number of aryl methyl sites for hydroxylation is 2. The van der Waals surface area contributed by atoms with Crippen molar-refractivity contribution in [1.82, 2.24) is 0 Å². The van der Waals surface area contributed by atoms with Crippen molar-refractivity contribution in [3.63, 3.8) is 0 Å². The van der Waals surface area contributed by atoms with Crippen LogP contribution in [0.2, 0.25) is 0 Å². The Morgan fingerprint density at radius 3 is 2.43 bits per heavy atom. The molecule has 0 aromatic carbocycles. The van der Waals surface area contributed by atoms with Gasteiger partial charge in [-0.3, -0.25) is 0 Å². The Labute approximate surface area is 89.1 Å². The molecule has 1 unspecified atom stereocenters. The van der Waals surface area contributed by atoms with Gasteiger partial charge >= 0.3 is 0 Å². The molecule has 1 heterocycles. The van der Waals surface area contributed by atoms with Crippen LogP contribution in [0, 0.1) is 25.2 Å². The lowest BCUT2D eigenvalue weighted by Gasteiger charge is -2.13. The van der Waals surface area contributed by atoms with Crippen LogP contribution in [-0.2, 0) is 4.74 Å². The molecular formula is C11H15NOS. The van der Waals surface area contributed by atoms with E-state index in [9.17, 15) is 0 Å². The first-order valence-corrected chi connectivity index (χ1v) is 5.48. The van der Waals surface area contributed by atoms with Crippen LogP contribution in [0.15, 0.2) is 6.07 Å². The molecule has 0 bridgehead atoms. The average Bonchev–Trinajstić information content (AvgIpc) is 2.41. The predicted octanol–water partition coefficient (Wildman–Crippen LogP) is 3.35. The Morgan fingerprint density at radius 2 is 2.07 bits per heavy atom. The van der Waals surface area contributed by atoms with Crippen LogP contribution in [0.4, 0.5) is 0 Å². The second-order valence-electron chi connectivity index (χ2n) is 3.56. The molecule has 0 radical (unpaired) electrons. The van der Waals surface area contributed by atoms with Gasteiger partial charge < -0.3 is 4.74 Å². The summed E-state index contributed by atoms with van der Waals surface area (Å²) >= 11 is 1.71. The highest BCUT2D eigenvalue weighted by atomic mass is 32.1.